The van der Waals surface area contributed by atoms with Gasteiger partial charge in [0.1, 0.15) is 5.82 Å². The molecule has 110 valence electrons. The Morgan fingerprint density at radius 3 is 2.62 bits per heavy atom. The van der Waals surface area contributed by atoms with Crippen molar-refractivity contribution in [3.05, 3.63) is 34.2 Å². The number of nitrogens with two attached hydrogens (primary N) is 1. The molecule has 2 N–H and O–H groups in total. The number of aromatic nitrogens is 2. The molecule has 0 spiro atoms. The molecule has 2 aromatic rings. The number of nitrogens with zero attached hydrogens (tertiary/aromatic N) is 2. The summed E-state index contributed by atoms with van der Waals surface area (Å²) in [5, 5.41) is 0.296. The Balaban J connectivity index is 2.71. The van der Waals surface area contributed by atoms with Crippen LogP contribution in [0, 0.1) is 12.7 Å². The van der Waals surface area contributed by atoms with Gasteiger partial charge in [-0.05, 0) is 24.6 Å². The van der Waals surface area contributed by atoms with Crippen molar-refractivity contribution in [1.29, 1.82) is 0 Å². The molecule has 2 rings (SSSR count). The van der Waals surface area contributed by atoms with Gasteiger partial charge in [-0.3, -0.25) is 4.79 Å². The Morgan fingerprint density at radius 2 is 2.05 bits per heavy atom. The summed E-state index contributed by atoms with van der Waals surface area (Å²) >= 11 is 5.85. The number of hydrogen-bond donors (Lipinski definition) is 1. The van der Waals surface area contributed by atoms with Gasteiger partial charge in [-0.2, -0.15) is 0 Å². The van der Waals surface area contributed by atoms with E-state index in [2.05, 4.69) is 9.97 Å². The van der Waals surface area contributed by atoms with Gasteiger partial charge in [0.05, 0.1) is 12.7 Å². The summed E-state index contributed by atoms with van der Waals surface area (Å²) in [7, 11) is 1.36. The summed E-state index contributed by atoms with van der Waals surface area (Å²) in [6.45, 7) is 3.04. The average molecular weight is 310 g/mol. The van der Waals surface area contributed by atoms with Gasteiger partial charge >= 0.3 is 0 Å². The standard InChI is InChI=1S/C14H13ClFN3O2/c1-6-4-8(10(16)5-9(6)15)14-18-11(7(2)20)12(21-3)13(17)19-14/h4-5H,1-3H3,(H2,17,18,19). The third-order valence-corrected chi connectivity index (χ3v) is 3.33. The van der Waals surface area contributed by atoms with Crippen molar-refractivity contribution in [3.63, 3.8) is 0 Å². The van der Waals surface area contributed by atoms with E-state index in [1.807, 2.05) is 0 Å². The van der Waals surface area contributed by atoms with Gasteiger partial charge < -0.3 is 10.5 Å². The normalized spacial score (nSPS) is 10.5. The van der Waals surface area contributed by atoms with E-state index in [4.69, 9.17) is 22.1 Å². The summed E-state index contributed by atoms with van der Waals surface area (Å²) in [6.07, 6.45) is 0. The van der Waals surface area contributed by atoms with Crippen molar-refractivity contribution < 1.29 is 13.9 Å². The van der Waals surface area contributed by atoms with Crippen molar-refractivity contribution >= 4 is 23.2 Å². The second kappa shape index (κ2) is 5.65. The Hall–Kier alpha value is -2.21. The first-order valence-electron chi connectivity index (χ1n) is 6.03. The number of benzene rings is 1. The summed E-state index contributed by atoms with van der Waals surface area (Å²) in [5.41, 5.74) is 6.54. The van der Waals surface area contributed by atoms with E-state index >= 15 is 0 Å². The van der Waals surface area contributed by atoms with Gasteiger partial charge in [0, 0.05) is 11.9 Å². The number of rotatable bonds is 3. The third-order valence-electron chi connectivity index (χ3n) is 2.92. The molecular weight excluding hydrogens is 297 g/mol. The van der Waals surface area contributed by atoms with Crippen LogP contribution >= 0.6 is 11.6 Å². The molecule has 0 saturated heterocycles. The fraction of sp³-hybridized carbons (Fsp3) is 0.214. The maximum atomic E-state index is 14.0. The summed E-state index contributed by atoms with van der Waals surface area (Å²) in [5.74, 6) is -0.884. The monoisotopic (exact) mass is 309 g/mol. The van der Waals surface area contributed by atoms with Crippen LogP contribution in [-0.2, 0) is 0 Å². The van der Waals surface area contributed by atoms with E-state index in [0.29, 0.717) is 10.6 Å². The van der Waals surface area contributed by atoms with Crippen molar-refractivity contribution in [3.8, 4) is 17.1 Å². The number of hydrogen-bond acceptors (Lipinski definition) is 5. The first-order valence-corrected chi connectivity index (χ1v) is 6.41. The number of ether oxygens (including phenoxy) is 1. The molecular formula is C14H13ClFN3O2. The molecule has 1 aromatic carbocycles. The second-order valence-electron chi connectivity index (χ2n) is 4.45. The van der Waals surface area contributed by atoms with Crippen LogP contribution in [0.3, 0.4) is 0 Å². The smallest absolute Gasteiger partial charge is 0.190 e. The predicted octanol–water partition coefficient (Wildman–Crippen LogP) is 3.04. The third kappa shape index (κ3) is 2.80. The van der Waals surface area contributed by atoms with Gasteiger partial charge in [0.25, 0.3) is 0 Å². The zero-order valence-electron chi connectivity index (χ0n) is 11.7. The lowest BCUT2D eigenvalue weighted by Crippen LogP contribution is -2.09. The quantitative estimate of drug-likeness (QED) is 0.882. The molecule has 7 heteroatoms. The minimum absolute atomic E-state index is 0.00648. The highest BCUT2D eigenvalue weighted by molar-refractivity contribution is 6.31. The molecule has 0 aliphatic rings. The fourth-order valence-corrected chi connectivity index (χ4v) is 2.01. The van der Waals surface area contributed by atoms with Crippen molar-refractivity contribution in [1.82, 2.24) is 9.97 Å². The average Bonchev–Trinajstić information content (AvgIpc) is 2.41. The molecule has 0 saturated carbocycles. The van der Waals surface area contributed by atoms with E-state index in [0.717, 1.165) is 0 Å². The van der Waals surface area contributed by atoms with Gasteiger partial charge in [-0.1, -0.05) is 11.6 Å². The molecule has 0 radical (unpaired) electrons. The van der Waals surface area contributed by atoms with Crippen LogP contribution < -0.4 is 10.5 Å². The molecule has 0 aliphatic carbocycles. The molecule has 1 heterocycles. The van der Waals surface area contributed by atoms with E-state index < -0.39 is 5.82 Å². The second-order valence-corrected chi connectivity index (χ2v) is 4.86. The Labute approximate surface area is 125 Å². The fourth-order valence-electron chi connectivity index (χ4n) is 1.86. The molecule has 5 nitrogen and oxygen atoms in total. The SMILES string of the molecule is COc1c(N)nc(-c2cc(C)c(Cl)cc2F)nc1C(C)=O. The van der Waals surface area contributed by atoms with Crippen molar-refractivity contribution in [2.45, 2.75) is 13.8 Å². The molecule has 0 fully saturated rings. The highest BCUT2D eigenvalue weighted by Crippen LogP contribution is 2.30. The van der Waals surface area contributed by atoms with Gasteiger partial charge in [-0.25, -0.2) is 14.4 Å². The minimum Gasteiger partial charge on any atom is -0.491 e. The number of methoxy groups -OCH3 is 1. The number of aryl methyl sites for hydroxylation is 1. The molecule has 0 atom stereocenters. The molecule has 0 bridgehead atoms. The van der Waals surface area contributed by atoms with Crippen LogP contribution in [-0.4, -0.2) is 22.9 Å². The van der Waals surface area contributed by atoms with Gasteiger partial charge in [0.2, 0.25) is 0 Å². The van der Waals surface area contributed by atoms with Crippen molar-refractivity contribution in [2.75, 3.05) is 12.8 Å². The highest BCUT2D eigenvalue weighted by atomic mass is 35.5. The first kappa shape index (κ1) is 15.2. The van der Waals surface area contributed by atoms with Gasteiger partial charge in [0.15, 0.2) is 28.9 Å². The molecule has 0 amide bonds. The highest BCUT2D eigenvalue weighted by Gasteiger charge is 2.19. The van der Waals surface area contributed by atoms with E-state index in [1.165, 1.54) is 26.2 Å². The Kier molecular flexibility index (Phi) is 4.09. The topological polar surface area (TPSA) is 78.1 Å². The number of Topliss-reactive ketones (excluding diaryl/α,β-unsaturated/α-hetero) is 1. The maximum Gasteiger partial charge on any atom is 0.190 e. The van der Waals surface area contributed by atoms with Crippen LogP contribution in [0.25, 0.3) is 11.4 Å². The van der Waals surface area contributed by atoms with Crippen LogP contribution in [0.5, 0.6) is 5.75 Å². The number of carbonyl (C=O) groups excluding carboxylic acids is 1. The Bertz CT molecular complexity index is 735. The van der Waals surface area contributed by atoms with Crippen LogP contribution in [0.2, 0.25) is 5.02 Å². The summed E-state index contributed by atoms with van der Waals surface area (Å²) in [6, 6.07) is 2.67. The number of halogens is 2. The number of anilines is 1. The predicted molar refractivity (Wildman–Crippen MR) is 78.1 cm³/mol. The number of nitrogen functional groups attached to an aromatic ring is 1. The number of ketones is 1. The lowest BCUT2D eigenvalue weighted by molar-refractivity contribution is 0.101. The van der Waals surface area contributed by atoms with Crippen LogP contribution in [0.15, 0.2) is 12.1 Å². The summed E-state index contributed by atoms with van der Waals surface area (Å²) in [4.78, 5) is 19.7. The van der Waals surface area contributed by atoms with E-state index in [9.17, 15) is 9.18 Å². The zero-order chi connectivity index (χ0) is 15.7. The maximum absolute atomic E-state index is 14.0. The van der Waals surface area contributed by atoms with Crippen LogP contribution in [0.4, 0.5) is 10.2 Å². The molecule has 0 unspecified atom stereocenters. The molecule has 21 heavy (non-hydrogen) atoms. The molecule has 1 aromatic heterocycles. The van der Waals surface area contributed by atoms with Crippen LogP contribution in [0.1, 0.15) is 23.0 Å². The largest absolute Gasteiger partial charge is 0.491 e. The van der Waals surface area contributed by atoms with Crippen molar-refractivity contribution in [2.24, 2.45) is 0 Å². The number of carbonyl (C=O) groups is 1. The Morgan fingerprint density at radius 1 is 1.38 bits per heavy atom. The van der Waals surface area contributed by atoms with E-state index in [1.54, 1.807) is 6.92 Å². The van der Waals surface area contributed by atoms with E-state index in [-0.39, 0.29) is 34.4 Å². The van der Waals surface area contributed by atoms with Gasteiger partial charge in [-0.15, -0.1) is 0 Å². The molecule has 0 aliphatic heterocycles. The lowest BCUT2D eigenvalue weighted by atomic mass is 10.1. The zero-order valence-corrected chi connectivity index (χ0v) is 12.5. The minimum atomic E-state index is -0.593. The summed E-state index contributed by atoms with van der Waals surface area (Å²) < 4.78 is 19.1. The first-order chi connectivity index (χ1) is 9.85. The lowest BCUT2D eigenvalue weighted by Gasteiger charge is -2.11.